The molecule has 0 aliphatic heterocycles. The molecule has 0 aliphatic carbocycles. The van der Waals surface area contributed by atoms with Gasteiger partial charge in [0.25, 0.3) is 0 Å². The van der Waals surface area contributed by atoms with Crippen LogP contribution < -0.4 is 5.32 Å². The first kappa shape index (κ1) is 16.4. The Morgan fingerprint density at radius 1 is 1.45 bits per heavy atom. The van der Waals surface area contributed by atoms with E-state index in [0.717, 1.165) is 23.9 Å². The number of ether oxygens (including phenoxy) is 1. The monoisotopic (exact) mass is 305 g/mol. The van der Waals surface area contributed by atoms with E-state index in [1.807, 2.05) is 6.92 Å². The second-order valence-electron chi connectivity index (χ2n) is 3.77. The van der Waals surface area contributed by atoms with Gasteiger partial charge in [0.2, 0.25) is 0 Å². The smallest absolute Gasteiger partial charge is 0.416 e. The zero-order chi connectivity index (χ0) is 15.2. The van der Waals surface area contributed by atoms with Gasteiger partial charge in [0, 0.05) is 16.8 Å². The highest BCUT2D eigenvalue weighted by molar-refractivity contribution is 8.15. The summed E-state index contributed by atoms with van der Waals surface area (Å²) < 4.78 is 42.2. The van der Waals surface area contributed by atoms with Crippen molar-refractivity contribution in [3.8, 4) is 0 Å². The van der Waals surface area contributed by atoms with Gasteiger partial charge in [-0.05, 0) is 36.4 Å². The van der Waals surface area contributed by atoms with Gasteiger partial charge in [0.15, 0.2) is 0 Å². The van der Waals surface area contributed by atoms with E-state index in [0.29, 0.717) is 17.8 Å². The maximum absolute atomic E-state index is 12.6. The topological polar surface area (TPSA) is 38.3 Å². The van der Waals surface area contributed by atoms with Crippen LogP contribution in [0.4, 0.5) is 23.7 Å². The zero-order valence-corrected chi connectivity index (χ0v) is 11.8. The number of nitrogens with one attached hydrogen (secondary N) is 1. The van der Waals surface area contributed by atoms with Gasteiger partial charge >= 0.3 is 11.5 Å². The first-order valence-corrected chi connectivity index (χ1v) is 6.62. The Morgan fingerprint density at radius 2 is 2.15 bits per heavy atom. The first-order valence-electron chi connectivity index (χ1n) is 5.74. The van der Waals surface area contributed by atoms with E-state index in [4.69, 9.17) is 0 Å². The Morgan fingerprint density at radius 3 is 2.70 bits per heavy atom. The van der Waals surface area contributed by atoms with Crippen LogP contribution in [-0.4, -0.2) is 12.4 Å². The van der Waals surface area contributed by atoms with Gasteiger partial charge in [-0.2, -0.15) is 13.2 Å². The molecule has 0 atom stereocenters. The Balaban J connectivity index is 2.83. The number of rotatable bonds is 4. The SMILES string of the molecule is CC/C(=C\SC(=O)OC)Nc1cccc(C(F)(F)F)c1. The van der Waals surface area contributed by atoms with Crippen LogP contribution in [0.2, 0.25) is 0 Å². The number of alkyl halides is 3. The van der Waals surface area contributed by atoms with Crippen LogP contribution in [0.25, 0.3) is 0 Å². The lowest BCUT2D eigenvalue weighted by Crippen LogP contribution is -2.06. The molecule has 1 aromatic carbocycles. The molecule has 0 amide bonds. The van der Waals surface area contributed by atoms with Crippen molar-refractivity contribution in [3.63, 3.8) is 0 Å². The minimum atomic E-state index is -4.38. The summed E-state index contributed by atoms with van der Waals surface area (Å²) in [5.74, 6) is 0. The molecule has 1 aromatic rings. The van der Waals surface area contributed by atoms with Gasteiger partial charge in [-0.25, -0.2) is 4.79 Å². The molecule has 0 unspecified atom stereocenters. The number of thioether (sulfide) groups is 1. The largest absolute Gasteiger partial charge is 0.461 e. The van der Waals surface area contributed by atoms with Crippen molar-refractivity contribution in [2.24, 2.45) is 0 Å². The summed E-state index contributed by atoms with van der Waals surface area (Å²) >= 11 is 0.830. The Labute approximate surface area is 119 Å². The second-order valence-corrected chi connectivity index (χ2v) is 4.58. The molecule has 0 saturated carbocycles. The third-order valence-electron chi connectivity index (χ3n) is 2.34. The Hall–Kier alpha value is -1.63. The summed E-state index contributed by atoms with van der Waals surface area (Å²) in [6, 6.07) is 4.88. The summed E-state index contributed by atoms with van der Waals surface area (Å²) in [7, 11) is 1.26. The maximum Gasteiger partial charge on any atom is 0.416 e. The van der Waals surface area contributed by atoms with Crippen molar-refractivity contribution in [2.45, 2.75) is 19.5 Å². The quantitative estimate of drug-likeness (QED) is 0.806. The molecule has 0 aliphatic rings. The van der Waals surface area contributed by atoms with Crippen molar-refractivity contribution < 1.29 is 22.7 Å². The molecule has 0 heterocycles. The van der Waals surface area contributed by atoms with Crippen LogP contribution in [0.1, 0.15) is 18.9 Å². The number of methoxy groups -OCH3 is 1. The molecule has 3 nitrogen and oxygen atoms in total. The zero-order valence-electron chi connectivity index (χ0n) is 11.0. The lowest BCUT2D eigenvalue weighted by atomic mass is 10.2. The van der Waals surface area contributed by atoms with Crippen LogP contribution in [0.5, 0.6) is 0 Å². The normalized spacial score (nSPS) is 12.2. The number of allylic oxidation sites excluding steroid dienone is 1. The average Bonchev–Trinajstić information content (AvgIpc) is 2.42. The van der Waals surface area contributed by atoms with Crippen molar-refractivity contribution in [1.29, 1.82) is 0 Å². The Bertz CT molecular complexity index is 501. The molecule has 0 radical (unpaired) electrons. The second kappa shape index (κ2) is 7.23. The molecule has 0 fully saturated rings. The molecule has 7 heteroatoms. The minimum Gasteiger partial charge on any atom is -0.461 e. The standard InChI is InChI=1S/C13H14F3NO2S/c1-3-10(8-20-12(18)19-2)17-11-6-4-5-9(7-11)13(14,15)16/h4-8,17H,3H2,1-2H3/b10-8+. The summed E-state index contributed by atoms with van der Waals surface area (Å²) in [5.41, 5.74) is 0.219. The molecule has 1 rings (SSSR count). The van der Waals surface area contributed by atoms with Crippen LogP contribution in [-0.2, 0) is 10.9 Å². The molecule has 0 spiro atoms. The van der Waals surface area contributed by atoms with Gasteiger partial charge in [0.05, 0.1) is 12.7 Å². The molecule has 0 saturated heterocycles. The number of carbonyl (C=O) groups excluding carboxylic acids is 1. The number of hydrogen-bond acceptors (Lipinski definition) is 4. The van der Waals surface area contributed by atoms with Crippen molar-refractivity contribution >= 4 is 22.8 Å². The van der Waals surface area contributed by atoms with Crippen molar-refractivity contribution in [1.82, 2.24) is 0 Å². The predicted octanol–water partition coefficient (Wildman–Crippen LogP) is 4.87. The van der Waals surface area contributed by atoms with E-state index in [2.05, 4.69) is 10.1 Å². The highest BCUT2D eigenvalue weighted by Gasteiger charge is 2.30. The number of carbonyl (C=O) groups is 1. The van der Waals surface area contributed by atoms with Gasteiger partial charge in [-0.1, -0.05) is 13.0 Å². The van der Waals surface area contributed by atoms with Gasteiger partial charge in [-0.3, -0.25) is 0 Å². The lowest BCUT2D eigenvalue weighted by molar-refractivity contribution is -0.137. The summed E-state index contributed by atoms with van der Waals surface area (Å²) in [5, 5.41) is 3.89. The Kier molecular flexibility index (Phi) is 5.94. The fraction of sp³-hybridized carbons (Fsp3) is 0.308. The van der Waals surface area contributed by atoms with E-state index >= 15 is 0 Å². The van der Waals surface area contributed by atoms with Crippen LogP contribution >= 0.6 is 11.8 Å². The number of benzene rings is 1. The van der Waals surface area contributed by atoms with E-state index in [-0.39, 0.29) is 0 Å². The number of halogens is 3. The predicted molar refractivity (Wildman–Crippen MR) is 73.4 cm³/mol. The van der Waals surface area contributed by atoms with Gasteiger partial charge in [0.1, 0.15) is 0 Å². The van der Waals surface area contributed by atoms with E-state index in [1.54, 1.807) is 0 Å². The van der Waals surface area contributed by atoms with Crippen LogP contribution in [0.15, 0.2) is 35.4 Å². The summed E-state index contributed by atoms with van der Waals surface area (Å²) in [4.78, 5) is 11.0. The van der Waals surface area contributed by atoms with Crippen molar-refractivity contribution in [3.05, 3.63) is 40.9 Å². The third kappa shape index (κ3) is 5.16. The van der Waals surface area contributed by atoms with E-state index in [9.17, 15) is 18.0 Å². The van der Waals surface area contributed by atoms with Crippen molar-refractivity contribution in [2.75, 3.05) is 12.4 Å². The molecule has 0 bridgehead atoms. The van der Waals surface area contributed by atoms with Gasteiger partial charge < -0.3 is 10.1 Å². The average molecular weight is 305 g/mol. The fourth-order valence-electron chi connectivity index (χ4n) is 1.33. The first-order chi connectivity index (χ1) is 9.36. The summed E-state index contributed by atoms with van der Waals surface area (Å²) in [6.07, 6.45) is -3.84. The lowest BCUT2D eigenvalue weighted by Gasteiger charge is -2.12. The van der Waals surface area contributed by atoms with Gasteiger partial charge in [-0.15, -0.1) is 0 Å². The third-order valence-corrected chi connectivity index (χ3v) is 3.10. The van der Waals surface area contributed by atoms with Crippen LogP contribution in [0.3, 0.4) is 0 Å². The number of anilines is 1. The molecular formula is C13H14F3NO2S. The highest BCUT2D eigenvalue weighted by Crippen LogP contribution is 2.31. The van der Waals surface area contributed by atoms with E-state index in [1.165, 1.54) is 24.7 Å². The highest BCUT2D eigenvalue weighted by atomic mass is 32.2. The molecule has 0 aromatic heterocycles. The van der Waals surface area contributed by atoms with E-state index < -0.39 is 17.0 Å². The minimum absolute atomic E-state index is 0.318. The molecule has 1 N–H and O–H groups in total. The molecule has 110 valence electrons. The maximum atomic E-state index is 12.6. The molecule has 20 heavy (non-hydrogen) atoms. The van der Waals surface area contributed by atoms with Crippen LogP contribution in [0, 0.1) is 0 Å². The summed E-state index contributed by atoms with van der Waals surface area (Å²) in [6.45, 7) is 1.82. The number of hydrogen-bond donors (Lipinski definition) is 1. The molecular weight excluding hydrogens is 291 g/mol. The fourth-order valence-corrected chi connectivity index (χ4v) is 1.89.